The number of hydrogen-bond donors (Lipinski definition) is 2. The first-order valence-corrected chi connectivity index (χ1v) is 6.65. The topological polar surface area (TPSA) is 66.4 Å². The summed E-state index contributed by atoms with van der Waals surface area (Å²) < 4.78 is 0. The number of hydrogen-bond acceptors (Lipinski definition) is 2. The van der Waals surface area contributed by atoms with E-state index in [0.29, 0.717) is 5.41 Å². The van der Waals surface area contributed by atoms with Crippen LogP contribution in [-0.4, -0.2) is 23.0 Å². The van der Waals surface area contributed by atoms with Crippen LogP contribution in [0.15, 0.2) is 0 Å². The molecule has 2 rings (SSSR count). The minimum atomic E-state index is -1.37. The summed E-state index contributed by atoms with van der Waals surface area (Å²) in [6.07, 6.45) is 10.9. The lowest BCUT2D eigenvalue weighted by molar-refractivity contribution is -0.150. The lowest BCUT2D eigenvalue weighted by atomic mass is 9.64. The first-order chi connectivity index (χ1) is 8.11. The van der Waals surface area contributed by atoms with Crippen LogP contribution in [0.2, 0.25) is 0 Å². The van der Waals surface area contributed by atoms with Crippen molar-refractivity contribution in [2.75, 3.05) is 0 Å². The van der Waals surface area contributed by atoms with Crippen molar-refractivity contribution in [2.24, 2.45) is 5.41 Å². The molecule has 0 saturated heterocycles. The maximum Gasteiger partial charge on any atom is 0.394 e. The lowest BCUT2D eigenvalue weighted by Crippen LogP contribution is -2.43. The number of aliphatic carboxylic acids is 1. The molecule has 0 aromatic heterocycles. The number of nitrogens with one attached hydrogen (secondary N) is 1. The Balaban J connectivity index is 1.81. The molecule has 0 heterocycles. The van der Waals surface area contributed by atoms with Crippen molar-refractivity contribution >= 4 is 11.9 Å². The molecule has 96 valence electrons. The Kier molecular flexibility index (Phi) is 3.69. The fourth-order valence-electron chi connectivity index (χ4n) is 3.42. The standard InChI is InChI=1S/C13H21NO3/c15-11(12(16)17)14-10-4-8-13(9-5-10)6-2-1-3-7-13/h10H,1-9H2,(H,14,15)(H,16,17). The van der Waals surface area contributed by atoms with E-state index < -0.39 is 11.9 Å². The molecule has 2 aliphatic rings. The van der Waals surface area contributed by atoms with E-state index >= 15 is 0 Å². The van der Waals surface area contributed by atoms with E-state index in [0.717, 1.165) is 25.7 Å². The van der Waals surface area contributed by atoms with Gasteiger partial charge < -0.3 is 10.4 Å². The third kappa shape index (κ3) is 2.99. The number of carbonyl (C=O) groups excluding carboxylic acids is 1. The normalized spacial score (nSPS) is 24.5. The molecule has 0 aromatic carbocycles. The highest BCUT2D eigenvalue weighted by Crippen LogP contribution is 2.47. The summed E-state index contributed by atoms with van der Waals surface area (Å²) in [4.78, 5) is 21.5. The third-order valence-corrected chi connectivity index (χ3v) is 4.49. The second-order valence-electron chi connectivity index (χ2n) is 5.61. The van der Waals surface area contributed by atoms with Crippen molar-refractivity contribution in [1.82, 2.24) is 5.32 Å². The average molecular weight is 239 g/mol. The zero-order chi connectivity index (χ0) is 12.3. The lowest BCUT2D eigenvalue weighted by Gasteiger charge is -2.43. The molecule has 0 bridgehead atoms. The largest absolute Gasteiger partial charge is 0.474 e. The van der Waals surface area contributed by atoms with E-state index in [1.54, 1.807) is 0 Å². The van der Waals surface area contributed by atoms with Gasteiger partial charge in [0, 0.05) is 6.04 Å². The first-order valence-electron chi connectivity index (χ1n) is 6.65. The van der Waals surface area contributed by atoms with Crippen LogP contribution in [0, 0.1) is 5.41 Å². The smallest absolute Gasteiger partial charge is 0.394 e. The molecular formula is C13H21NO3. The van der Waals surface area contributed by atoms with Crippen LogP contribution < -0.4 is 5.32 Å². The minimum absolute atomic E-state index is 0.0751. The van der Waals surface area contributed by atoms with Gasteiger partial charge in [-0.1, -0.05) is 19.3 Å². The highest BCUT2D eigenvalue weighted by Gasteiger charge is 2.36. The molecule has 0 atom stereocenters. The van der Waals surface area contributed by atoms with Crippen molar-refractivity contribution in [1.29, 1.82) is 0 Å². The van der Waals surface area contributed by atoms with Crippen molar-refractivity contribution in [3.05, 3.63) is 0 Å². The van der Waals surface area contributed by atoms with E-state index in [9.17, 15) is 9.59 Å². The van der Waals surface area contributed by atoms with Gasteiger partial charge in [-0.2, -0.15) is 0 Å². The monoisotopic (exact) mass is 239 g/mol. The van der Waals surface area contributed by atoms with Crippen LogP contribution in [0.25, 0.3) is 0 Å². The van der Waals surface area contributed by atoms with Crippen LogP contribution in [-0.2, 0) is 9.59 Å². The van der Waals surface area contributed by atoms with Crippen LogP contribution >= 0.6 is 0 Å². The molecule has 0 unspecified atom stereocenters. The zero-order valence-electron chi connectivity index (χ0n) is 10.2. The van der Waals surface area contributed by atoms with Gasteiger partial charge in [0.05, 0.1) is 0 Å². The van der Waals surface area contributed by atoms with E-state index in [4.69, 9.17) is 5.11 Å². The van der Waals surface area contributed by atoms with Crippen molar-refractivity contribution in [2.45, 2.75) is 63.8 Å². The van der Waals surface area contributed by atoms with Gasteiger partial charge in [0.1, 0.15) is 0 Å². The predicted octanol–water partition coefficient (Wildman–Crippen LogP) is 2.08. The maximum atomic E-state index is 11.1. The summed E-state index contributed by atoms with van der Waals surface area (Å²) in [7, 11) is 0. The molecule has 2 aliphatic carbocycles. The Morgan fingerprint density at radius 3 is 2.12 bits per heavy atom. The van der Waals surface area contributed by atoms with Crippen LogP contribution in [0.5, 0.6) is 0 Å². The van der Waals surface area contributed by atoms with Gasteiger partial charge in [0.15, 0.2) is 0 Å². The van der Waals surface area contributed by atoms with E-state index in [1.807, 2.05) is 0 Å². The Bertz CT molecular complexity index is 298. The predicted molar refractivity (Wildman–Crippen MR) is 63.6 cm³/mol. The molecule has 0 radical (unpaired) electrons. The van der Waals surface area contributed by atoms with Gasteiger partial charge in [-0.05, 0) is 43.9 Å². The Labute approximate surface area is 102 Å². The molecule has 0 aliphatic heterocycles. The highest BCUT2D eigenvalue weighted by molar-refractivity contribution is 6.31. The van der Waals surface area contributed by atoms with Gasteiger partial charge in [-0.3, -0.25) is 4.79 Å². The quantitative estimate of drug-likeness (QED) is 0.688. The van der Waals surface area contributed by atoms with Gasteiger partial charge in [0.2, 0.25) is 0 Å². The second-order valence-corrected chi connectivity index (χ2v) is 5.61. The van der Waals surface area contributed by atoms with Crippen LogP contribution in [0.1, 0.15) is 57.8 Å². The highest BCUT2D eigenvalue weighted by atomic mass is 16.4. The second kappa shape index (κ2) is 5.07. The summed E-state index contributed by atoms with van der Waals surface area (Å²) in [6.45, 7) is 0. The zero-order valence-corrected chi connectivity index (χ0v) is 10.2. The first kappa shape index (κ1) is 12.4. The van der Waals surface area contributed by atoms with Crippen molar-refractivity contribution in [3.63, 3.8) is 0 Å². The van der Waals surface area contributed by atoms with Crippen LogP contribution in [0.4, 0.5) is 0 Å². The number of rotatable bonds is 1. The van der Waals surface area contributed by atoms with Crippen molar-refractivity contribution in [3.8, 4) is 0 Å². The van der Waals surface area contributed by atoms with Crippen LogP contribution in [0.3, 0.4) is 0 Å². The summed E-state index contributed by atoms with van der Waals surface area (Å²) in [5.74, 6) is -2.22. The number of carboxylic acid groups (broad SMARTS) is 1. The summed E-state index contributed by atoms with van der Waals surface area (Å²) in [5.41, 5.74) is 0.517. The SMILES string of the molecule is O=C(O)C(=O)NC1CCC2(CCCCC2)CC1. The number of carboxylic acids is 1. The Hall–Kier alpha value is -1.06. The van der Waals surface area contributed by atoms with E-state index in [2.05, 4.69) is 5.32 Å². The molecular weight excluding hydrogens is 218 g/mol. The van der Waals surface area contributed by atoms with Gasteiger partial charge in [-0.25, -0.2) is 4.79 Å². The molecule has 17 heavy (non-hydrogen) atoms. The molecule has 1 amide bonds. The van der Waals surface area contributed by atoms with Gasteiger partial charge in [0.25, 0.3) is 0 Å². The fraction of sp³-hybridized carbons (Fsp3) is 0.846. The summed E-state index contributed by atoms with van der Waals surface area (Å²) in [5, 5.41) is 11.1. The molecule has 2 fully saturated rings. The fourth-order valence-corrected chi connectivity index (χ4v) is 3.42. The average Bonchev–Trinajstić information content (AvgIpc) is 2.33. The number of amides is 1. The molecule has 4 nitrogen and oxygen atoms in total. The molecule has 4 heteroatoms. The van der Waals surface area contributed by atoms with Gasteiger partial charge in [-0.15, -0.1) is 0 Å². The van der Waals surface area contributed by atoms with E-state index in [1.165, 1.54) is 32.1 Å². The van der Waals surface area contributed by atoms with Crippen molar-refractivity contribution < 1.29 is 14.7 Å². The minimum Gasteiger partial charge on any atom is -0.474 e. The number of carbonyl (C=O) groups is 2. The Morgan fingerprint density at radius 2 is 1.59 bits per heavy atom. The molecule has 2 saturated carbocycles. The summed E-state index contributed by atoms with van der Waals surface area (Å²) in [6, 6.07) is 0.0751. The molecule has 1 spiro atoms. The maximum absolute atomic E-state index is 11.1. The summed E-state index contributed by atoms with van der Waals surface area (Å²) >= 11 is 0. The molecule has 2 N–H and O–H groups in total. The van der Waals surface area contributed by atoms with Gasteiger partial charge >= 0.3 is 11.9 Å². The Morgan fingerprint density at radius 1 is 1.00 bits per heavy atom. The van der Waals surface area contributed by atoms with E-state index in [-0.39, 0.29) is 6.04 Å². The third-order valence-electron chi connectivity index (χ3n) is 4.49. The molecule has 0 aromatic rings.